The van der Waals surface area contributed by atoms with Gasteiger partial charge in [0.15, 0.2) is 0 Å². The average Bonchev–Trinajstić information content (AvgIpc) is 3.39. The molecule has 0 bridgehead atoms. The minimum atomic E-state index is -0.599. The number of hydrogen-bond donors (Lipinski definition) is 0. The Hall–Kier alpha value is -3.70. The molecule has 0 radical (unpaired) electrons. The highest BCUT2D eigenvalue weighted by Crippen LogP contribution is 2.26. The molecule has 0 saturated carbocycles. The van der Waals surface area contributed by atoms with Gasteiger partial charge in [-0.25, -0.2) is 13.8 Å². The monoisotopic (exact) mass is 560 g/mol. The zero-order chi connectivity index (χ0) is 28.3. The maximum Gasteiger partial charge on any atom is 0.290 e. The second-order valence-electron chi connectivity index (χ2n) is 10.7. The molecule has 0 N–H and O–H groups in total. The molecule has 1 atom stereocenters. The maximum absolute atomic E-state index is 14.3. The summed E-state index contributed by atoms with van der Waals surface area (Å²) in [6.07, 6.45) is 4.56. The molecule has 3 heterocycles. The van der Waals surface area contributed by atoms with E-state index in [0.717, 1.165) is 68.0 Å². The summed E-state index contributed by atoms with van der Waals surface area (Å²) in [7, 11) is 2.10. The molecule has 4 aromatic rings. The third-order valence-corrected chi connectivity index (χ3v) is 7.70. The van der Waals surface area contributed by atoms with Gasteiger partial charge in [-0.05, 0) is 80.3 Å². The molecule has 0 aliphatic carbocycles. The molecular weight excluding hydrogens is 526 g/mol. The predicted molar refractivity (Wildman–Crippen MR) is 152 cm³/mol. The van der Waals surface area contributed by atoms with Gasteiger partial charge in [0.25, 0.3) is 5.91 Å². The number of likely N-dealkylation sites (N-methyl/N-ethyl adjacent to an activating group) is 1. The second-order valence-corrected chi connectivity index (χ2v) is 10.7. The van der Waals surface area contributed by atoms with Gasteiger partial charge in [0.2, 0.25) is 0 Å². The fourth-order valence-corrected chi connectivity index (χ4v) is 5.57. The van der Waals surface area contributed by atoms with Crippen molar-refractivity contribution in [1.82, 2.24) is 24.9 Å². The molecule has 2 saturated heterocycles. The number of nitrogens with zero attached hydrogens (tertiary/aromatic N) is 6. The first-order valence-electron chi connectivity index (χ1n) is 14.1. The Kier molecular flexibility index (Phi) is 8.06. The third kappa shape index (κ3) is 6.01. The van der Waals surface area contributed by atoms with Crippen LogP contribution in [0.3, 0.4) is 0 Å². The van der Waals surface area contributed by atoms with Gasteiger partial charge < -0.3 is 9.64 Å². The molecule has 214 valence electrons. The molecule has 1 amide bonds. The number of benzene rings is 3. The highest BCUT2D eigenvalue weighted by molar-refractivity contribution is 6.01. The molecular formula is C31H34F2N6O2. The van der Waals surface area contributed by atoms with Crippen LogP contribution in [0.4, 0.5) is 8.78 Å². The fraction of sp³-hybridized carbons (Fsp3) is 0.355. The first-order chi connectivity index (χ1) is 20.0. The summed E-state index contributed by atoms with van der Waals surface area (Å²) in [4.78, 5) is 18.2. The largest absolute Gasteiger partial charge is 0.360 e. The number of hydrazine groups is 2. The van der Waals surface area contributed by atoms with E-state index in [-0.39, 0.29) is 12.1 Å². The van der Waals surface area contributed by atoms with Crippen LogP contribution in [0.25, 0.3) is 10.9 Å². The van der Waals surface area contributed by atoms with Gasteiger partial charge in [0.05, 0.1) is 11.7 Å². The molecule has 2 aliphatic heterocycles. The number of amides is 1. The van der Waals surface area contributed by atoms with E-state index in [9.17, 15) is 13.6 Å². The molecule has 8 nitrogen and oxygen atoms in total. The number of carbonyl (C=O) groups is 1. The van der Waals surface area contributed by atoms with E-state index in [4.69, 9.17) is 9.84 Å². The van der Waals surface area contributed by atoms with Crippen molar-refractivity contribution in [2.24, 2.45) is 0 Å². The average molecular weight is 561 g/mol. The number of ether oxygens (including phenoxy) is 1. The topological polar surface area (TPSA) is 57.1 Å². The van der Waals surface area contributed by atoms with Crippen LogP contribution >= 0.6 is 0 Å². The zero-order valence-electron chi connectivity index (χ0n) is 23.1. The van der Waals surface area contributed by atoms with Gasteiger partial charge in [-0.2, -0.15) is 9.89 Å². The molecule has 2 fully saturated rings. The summed E-state index contributed by atoms with van der Waals surface area (Å²) in [6, 6.07) is 18.5. The van der Waals surface area contributed by atoms with Gasteiger partial charge in [-0.15, -0.1) is 5.12 Å². The summed E-state index contributed by atoms with van der Waals surface area (Å²) in [5.74, 6) is -1.42. The van der Waals surface area contributed by atoms with Gasteiger partial charge in [-0.3, -0.25) is 4.79 Å². The smallest absolute Gasteiger partial charge is 0.290 e. The van der Waals surface area contributed by atoms with Crippen LogP contribution < -0.4 is 5.12 Å². The Morgan fingerprint density at radius 1 is 0.951 bits per heavy atom. The van der Waals surface area contributed by atoms with Gasteiger partial charge in [0.1, 0.15) is 17.9 Å². The Bertz CT molecular complexity index is 1480. The van der Waals surface area contributed by atoms with Crippen LogP contribution in [0.2, 0.25) is 0 Å². The lowest BCUT2D eigenvalue weighted by Crippen LogP contribution is -2.67. The Balaban J connectivity index is 1.41. The van der Waals surface area contributed by atoms with Crippen molar-refractivity contribution in [3.63, 3.8) is 0 Å². The first kappa shape index (κ1) is 27.5. The lowest BCUT2D eigenvalue weighted by Gasteiger charge is -2.48. The van der Waals surface area contributed by atoms with Gasteiger partial charge in [-0.1, -0.05) is 29.4 Å². The van der Waals surface area contributed by atoms with E-state index in [1.807, 2.05) is 41.5 Å². The van der Waals surface area contributed by atoms with Crippen LogP contribution in [-0.2, 0) is 11.2 Å². The van der Waals surface area contributed by atoms with Crippen LogP contribution in [0, 0.1) is 11.6 Å². The first-order valence-corrected chi connectivity index (χ1v) is 14.1. The number of hydrogen-bond acceptors (Lipinski definition) is 6. The van der Waals surface area contributed by atoms with E-state index < -0.39 is 11.6 Å². The van der Waals surface area contributed by atoms with E-state index in [0.29, 0.717) is 24.2 Å². The summed E-state index contributed by atoms with van der Waals surface area (Å²) in [5, 5.41) is 11.3. The quantitative estimate of drug-likeness (QED) is 0.308. The molecule has 41 heavy (non-hydrogen) atoms. The normalized spacial score (nSPS) is 18.7. The van der Waals surface area contributed by atoms with E-state index in [1.165, 1.54) is 12.1 Å². The molecule has 1 unspecified atom stereocenters. The minimum absolute atomic E-state index is 0.219. The summed E-state index contributed by atoms with van der Waals surface area (Å²) >= 11 is 0. The van der Waals surface area contributed by atoms with Crippen molar-refractivity contribution in [3.8, 4) is 0 Å². The highest BCUT2D eigenvalue weighted by atomic mass is 19.1. The minimum Gasteiger partial charge on any atom is -0.360 e. The molecule has 2 aliphatic rings. The Labute approximate surface area is 238 Å². The van der Waals surface area contributed by atoms with Crippen molar-refractivity contribution in [3.05, 3.63) is 101 Å². The summed E-state index contributed by atoms with van der Waals surface area (Å²) in [6.45, 7) is 3.83. The standard InChI is InChI=1S/C31H34F2N6O2/c1-35-12-14-36(15-13-35)38(30-9-5-6-16-41-30)39(31(40)25-7-3-2-4-8-25)37-29-11-10-23(18-26(29)22-34-37)17-24-19-27(32)21-28(33)20-24/h2-4,7-8,10-11,18-22,30H,5-6,9,12-17H2,1H3. The summed E-state index contributed by atoms with van der Waals surface area (Å²) in [5.41, 5.74) is 2.70. The zero-order valence-corrected chi connectivity index (χ0v) is 23.1. The Morgan fingerprint density at radius 2 is 1.71 bits per heavy atom. The van der Waals surface area contributed by atoms with Crippen molar-refractivity contribution in [1.29, 1.82) is 0 Å². The van der Waals surface area contributed by atoms with Crippen molar-refractivity contribution in [2.45, 2.75) is 31.9 Å². The number of aromatic nitrogens is 2. The van der Waals surface area contributed by atoms with Crippen LogP contribution in [0.1, 0.15) is 40.7 Å². The van der Waals surface area contributed by atoms with E-state index in [2.05, 4.69) is 17.0 Å². The van der Waals surface area contributed by atoms with Crippen LogP contribution in [0.15, 0.2) is 72.9 Å². The number of halogens is 2. The second kappa shape index (κ2) is 12.0. The van der Waals surface area contributed by atoms with Crippen LogP contribution in [-0.4, -0.2) is 76.9 Å². The molecule has 1 aromatic heterocycles. The molecule has 10 heteroatoms. The lowest BCUT2D eigenvalue weighted by atomic mass is 10.0. The van der Waals surface area contributed by atoms with Gasteiger partial charge in [0, 0.05) is 49.8 Å². The number of fused-ring (bicyclic) bond motifs is 1. The predicted octanol–water partition coefficient (Wildman–Crippen LogP) is 4.59. The number of rotatable bonds is 7. The fourth-order valence-electron chi connectivity index (χ4n) is 5.57. The van der Waals surface area contributed by atoms with Crippen molar-refractivity contribution >= 4 is 16.8 Å². The van der Waals surface area contributed by atoms with Crippen molar-refractivity contribution in [2.75, 3.05) is 45.0 Å². The van der Waals surface area contributed by atoms with Crippen molar-refractivity contribution < 1.29 is 18.3 Å². The highest BCUT2D eigenvalue weighted by Gasteiger charge is 2.38. The SMILES string of the molecule is CN1CCN(N(C2CCCCO2)N(C(=O)c2ccccc2)n2ncc3cc(Cc4cc(F)cc(F)c4)ccc32)CC1. The maximum atomic E-state index is 14.3. The third-order valence-electron chi connectivity index (χ3n) is 7.70. The van der Waals surface area contributed by atoms with Gasteiger partial charge >= 0.3 is 0 Å². The van der Waals surface area contributed by atoms with E-state index >= 15 is 0 Å². The summed E-state index contributed by atoms with van der Waals surface area (Å²) < 4.78 is 33.8. The molecule has 0 spiro atoms. The lowest BCUT2D eigenvalue weighted by molar-refractivity contribution is -0.201. The number of carbonyl (C=O) groups excluding carboxylic acids is 1. The molecule has 3 aromatic carbocycles. The Morgan fingerprint density at radius 3 is 2.41 bits per heavy atom. The van der Waals surface area contributed by atoms with Crippen LogP contribution in [0.5, 0.6) is 0 Å². The number of piperazine rings is 1. The van der Waals surface area contributed by atoms with E-state index in [1.54, 1.807) is 28.2 Å². The molecule has 6 rings (SSSR count).